The number of aryl methyl sites for hydroxylation is 1. The van der Waals surface area contributed by atoms with Crippen molar-refractivity contribution in [2.75, 3.05) is 5.32 Å². The molecule has 0 radical (unpaired) electrons. The molecule has 3 nitrogen and oxygen atoms in total. The van der Waals surface area contributed by atoms with E-state index in [-0.39, 0.29) is 11.8 Å². The largest absolute Gasteiger partial charge is 0.324 e. The van der Waals surface area contributed by atoms with Gasteiger partial charge in [-0.15, -0.1) is 0 Å². The van der Waals surface area contributed by atoms with Crippen LogP contribution in [-0.4, -0.2) is 11.9 Å². The molecule has 3 N–H and O–H groups in total. The Labute approximate surface area is 111 Å². The van der Waals surface area contributed by atoms with Crippen molar-refractivity contribution >= 4 is 27.5 Å². The molecule has 1 aromatic rings. The van der Waals surface area contributed by atoms with Crippen LogP contribution in [0.3, 0.4) is 0 Å². The van der Waals surface area contributed by atoms with Gasteiger partial charge in [-0.3, -0.25) is 4.79 Å². The van der Waals surface area contributed by atoms with Crippen LogP contribution in [0.2, 0.25) is 0 Å². The molecule has 4 heteroatoms. The monoisotopic (exact) mass is 298 g/mol. The molecule has 1 rings (SSSR count). The number of anilines is 1. The van der Waals surface area contributed by atoms with E-state index in [4.69, 9.17) is 5.73 Å². The quantitative estimate of drug-likeness (QED) is 0.897. The van der Waals surface area contributed by atoms with Crippen LogP contribution in [0, 0.1) is 12.8 Å². The number of hydrogen-bond acceptors (Lipinski definition) is 2. The van der Waals surface area contributed by atoms with Crippen LogP contribution >= 0.6 is 15.9 Å². The maximum absolute atomic E-state index is 11.9. The zero-order valence-electron chi connectivity index (χ0n) is 10.5. The predicted octanol–water partition coefficient (Wildman–Crippen LogP) is 3.07. The Hall–Kier alpha value is -0.870. The van der Waals surface area contributed by atoms with Gasteiger partial charge in [-0.25, -0.2) is 0 Å². The minimum atomic E-state index is -0.465. The fourth-order valence-electron chi connectivity index (χ4n) is 1.46. The van der Waals surface area contributed by atoms with Crippen LogP contribution in [-0.2, 0) is 4.79 Å². The van der Waals surface area contributed by atoms with E-state index in [2.05, 4.69) is 21.2 Å². The van der Waals surface area contributed by atoms with Crippen LogP contribution in [0.1, 0.15) is 25.8 Å². The van der Waals surface area contributed by atoms with E-state index in [9.17, 15) is 4.79 Å². The number of nitrogens with two attached hydrogens (primary N) is 1. The van der Waals surface area contributed by atoms with Crippen molar-refractivity contribution in [3.63, 3.8) is 0 Å². The van der Waals surface area contributed by atoms with Crippen molar-refractivity contribution in [3.8, 4) is 0 Å². The summed E-state index contributed by atoms with van der Waals surface area (Å²) in [6.07, 6.45) is 0.892. The molecule has 0 fully saturated rings. The summed E-state index contributed by atoms with van der Waals surface area (Å²) >= 11 is 3.41. The number of rotatable bonds is 4. The van der Waals surface area contributed by atoms with Gasteiger partial charge in [-0.2, -0.15) is 0 Å². The Morgan fingerprint density at radius 3 is 2.76 bits per heavy atom. The van der Waals surface area contributed by atoms with Crippen molar-refractivity contribution in [2.24, 2.45) is 11.7 Å². The highest BCUT2D eigenvalue weighted by atomic mass is 79.9. The average Bonchev–Trinajstić information content (AvgIpc) is 2.31. The summed E-state index contributed by atoms with van der Waals surface area (Å²) in [6.45, 7) is 5.99. The zero-order valence-corrected chi connectivity index (χ0v) is 12.0. The summed E-state index contributed by atoms with van der Waals surface area (Å²) in [7, 11) is 0. The molecule has 0 aliphatic heterocycles. The summed E-state index contributed by atoms with van der Waals surface area (Å²) in [5.74, 6) is 0.0456. The van der Waals surface area contributed by atoms with Gasteiger partial charge in [0, 0.05) is 4.47 Å². The molecule has 17 heavy (non-hydrogen) atoms. The Morgan fingerprint density at radius 2 is 2.18 bits per heavy atom. The lowest BCUT2D eigenvalue weighted by Crippen LogP contribution is -2.40. The first-order chi connectivity index (χ1) is 7.95. The summed E-state index contributed by atoms with van der Waals surface area (Å²) in [5, 5.41) is 2.86. The lowest BCUT2D eigenvalue weighted by molar-refractivity contribution is -0.118. The highest BCUT2D eigenvalue weighted by Gasteiger charge is 2.19. The van der Waals surface area contributed by atoms with Gasteiger partial charge in [0.1, 0.15) is 0 Å². The normalized spacial score (nSPS) is 14.2. The number of amides is 1. The average molecular weight is 299 g/mol. The van der Waals surface area contributed by atoms with Gasteiger partial charge in [-0.05, 0) is 46.5 Å². The minimum Gasteiger partial charge on any atom is -0.324 e. The fraction of sp³-hybridized carbons (Fsp3) is 0.462. The Kier molecular flexibility index (Phi) is 5.15. The molecule has 1 aromatic carbocycles. The van der Waals surface area contributed by atoms with Crippen molar-refractivity contribution in [3.05, 3.63) is 28.2 Å². The third-order valence-electron chi connectivity index (χ3n) is 2.94. The van der Waals surface area contributed by atoms with Gasteiger partial charge >= 0.3 is 0 Å². The molecule has 2 unspecified atom stereocenters. The summed E-state index contributed by atoms with van der Waals surface area (Å²) in [5.41, 5.74) is 7.75. The number of nitrogens with one attached hydrogen (secondary N) is 1. The standard InChI is InChI=1S/C13H19BrN2O/c1-4-9(3)12(15)13(17)16-11-7-8(2)5-6-10(11)14/h5-7,9,12H,4,15H2,1-3H3,(H,16,17). The van der Waals surface area contributed by atoms with Crippen molar-refractivity contribution < 1.29 is 4.79 Å². The Bertz CT molecular complexity index is 406. The fourth-order valence-corrected chi connectivity index (χ4v) is 1.81. The van der Waals surface area contributed by atoms with E-state index in [1.54, 1.807) is 0 Å². The molecule has 2 atom stereocenters. The van der Waals surface area contributed by atoms with E-state index in [1.165, 1.54) is 0 Å². The van der Waals surface area contributed by atoms with Gasteiger partial charge < -0.3 is 11.1 Å². The third-order valence-corrected chi connectivity index (χ3v) is 3.63. The molecule has 0 bridgehead atoms. The molecule has 0 saturated heterocycles. The molecule has 0 saturated carbocycles. The van der Waals surface area contributed by atoms with Crippen LogP contribution in [0.15, 0.2) is 22.7 Å². The second-order valence-corrected chi connectivity index (χ2v) is 5.24. The smallest absolute Gasteiger partial charge is 0.241 e. The van der Waals surface area contributed by atoms with E-state index >= 15 is 0 Å². The molecule has 0 spiro atoms. The molecule has 0 aromatic heterocycles. The molecular weight excluding hydrogens is 280 g/mol. The zero-order chi connectivity index (χ0) is 13.0. The van der Waals surface area contributed by atoms with Gasteiger partial charge in [0.2, 0.25) is 5.91 Å². The van der Waals surface area contributed by atoms with Crippen LogP contribution < -0.4 is 11.1 Å². The van der Waals surface area contributed by atoms with Gasteiger partial charge in [0.05, 0.1) is 11.7 Å². The Balaban J connectivity index is 2.77. The number of carbonyl (C=O) groups is 1. The topological polar surface area (TPSA) is 55.1 Å². The van der Waals surface area contributed by atoms with Gasteiger partial charge in [0.15, 0.2) is 0 Å². The van der Waals surface area contributed by atoms with Crippen LogP contribution in [0.4, 0.5) is 5.69 Å². The summed E-state index contributed by atoms with van der Waals surface area (Å²) in [4.78, 5) is 11.9. The third kappa shape index (κ3) is 3.82. The number of hydrogen-bond donors (Lipinski definition) is 2. The first-order valence-electron chi connectivity index (χ1n) is 5.78. The van der Waals surface area contributed by atoms with Gasteiger partial charge in [0.25, 0.3) is 0 Å². The van der Waals surface area contributed by atoms with E-state index < -0.39 is 6.04 Å². The number of carbonyl (C=O) groups excluding carboxylic acids is 1. The predicted molar refractivity (Wildman–Crippen MR) is 74.9 cm³/mol. The molecule has 0 aliphatic rings. The maximum Gasteiger partial charge on any atom is 0.241 e. The highest BCUT2D eigenvalue weighted by Crippen LogP contribution is 2.23. The Morgan fingerprint density at radius 1 is 1.53 bits per heavy atom. The number of benzene rings is 1. The van der Waals surface area contributed by atoms with Crippen LogP contribution in [0.5, 0.6) is 0 Å². The lowest BCUT2D eigenvalue weighted by Gasteiger charge is -2.18. The molecule has 0 aliphatic carbocycles. The van der Waals surface area contributed by atoms with E-state index in [1.807, 2.05) is 39.0 Å². The molecule has 94 valence electrons. The van der Waals surface area contributed by atoms with E-state index in [0.29, 0.717) is 0 Å². The molecule has 1 amide bonds. The summed E-state index contributed by atoms with van der Waals surface area (Å²) in [6, 6.07) is 5.35. The first-order valence-corrected chi connectivity index (χ1v) is 6.57. The number of halogens is 1. The molecule has 0 heterocycles. The van der Waals surface area contributed by atoms with Crippen molar-refractivity contribution in [2.45, 2.75) is 33.2 Å². The molecular formula is C13H19BrN2O. The van der Waals surface area contributed by atoms with E-state index in [0.717, 1.165) is 22.1 Å². The SMILES string of the molecule is CCC(C)C(N)C(=O)Nc1cc(C)ccc1Br. The van der Waals surface area contributed by atoms with Crippen molar-refractivity contribution in [1.29, 1.82) is 0 Å². The second kappa shape index (κ2) is 6.17. The minimum absolute atomic E-state index is 0.134. The lowest BCUT2D eigenvalue weighted by atomic mass is 9.99. The summed E-state index contributed by atoms with van der Waals surface area (Å²) < 4.78 is 0.868. The first kappa shape index (κ1) is 14.2. The van der Waals surface area contributed by atoms with Gasteiger partial charge in [-0.1, -0.05) is 26.3 Å². The maximum atomic E-state index is 11.9. The van der Waals surface area contributed by atoms with Crippen LogP contribution in [0.25, 0.3) is 0 Å². The second-order valence-electron chi connectivity index (χ2n) is 4.38. The highest BCUT2D eigenvalue weighted by molar-refractivity contribution is 9.10. The van der Waals surface area contributed by atoms with Crippen molar-refractivity contribution in [1.82, 2.24) is 0 Å².